The quantitative estimate of drug-likeness (QED) is 0.306. The number of nitrogens with zero attached hydrogens (tertiary/aromatic N) is 1. The SMILES string of the molecule is NC(=NO)C1(C(=O)NCCC2CCCC2)CCOCC1. The first-order valence-corrected chi connectivity index (χ1v) is 7.53. The molecule has 1 aliphatic heterocycles. The van der Waals surface area contributed by atoms with Crippen molar-refractivity contribution in [1.82, 2.24) is 5.32 Å². The number of ether oxygens (including phenoxy) is 1. The third kappa shape index (κ3) is 3.23. The van der Waals surface area contributed by atoms with Gasteiger partial charge in [0.25, 0.3) is 0 Å². The number of amides is 1. The Morgan fingerprint density at radius 2 is 2.00 bits per heavy atom. The predicted molar refractivity (Wildman–Crippen MR) is 75.5 cm³/mol. The first-order valence-electron chi connectivity index (χ1n) is 7.53. The zero-order chi connectivity index (χ0) is 14.4. The van der Waals surface area contributed by atoms with E-state index in [0.717, 1.165) is 12.3 Å². The fourth-order valence-corrected chi connectivity index (χ4v) is 3.27. The van der Waals surface area contributed by atoms with Crippen molar-refractivity contribution in [3.05, 3.63) is 0 Å². The summed E-state index contributed by atoms with van der Waals surface area (Å²) in [5.74, 6) is 0.609. The highest BCUT2D eigenvalue weighted by molar-refractivity contribution is 6.06. The maximum absolute atomic E-state index is 12.5. The second-order valence-corrected chi connectivity index (χ2v) is 5.87. The standard InChI is InChI=1S/C14H25N3O3/c15-12(17-19)14(6-9-20-10-7-14)13(18)16-8-5-11-3-1-2-4-11/h11,19H,1-10H2,(H2,15,17)(H,16,18). The van der Waals surface area contributed by atoms with Crippen LogP contribution in [0.15, 0.2) is 5.16 Å². The molecule has 0 atom stereocenters. The van der Waals surface area contributed by atoms with Crippen LogP contribution in [0.5, 0.6) is 0 Å². The lowest BCUT2D eigenvalue weighted by Crippen LogP contribution is -2.53. The third-order valence-corrected chi connectivity index (χ3v) is 4.69. The van der Waals surface area contributed by atoms with Crippen molar-refractivity contribution >= 4 is 11.7 Å². The number of hydrogen-bond acceptors (Lipinski definition) is 4. The van der Waals surface area contributed by atoms with E-state index in [0.29, 0.717) is 32.6 Å². The van der Waals surface area contributed by atoms with Gasteiger partial charge in [-0.1, -0.05) is 30.8 Å². The van der Waals surface area contributed by atoms with E-state index in [1.54, 1.807) is 0 Å². The summed E-state index contributed by atoms with van der Waals surface area (Å²) in [5.41, 5.74) is 4.86. The minimum absolute atomic E-state index is 0.000772. The summed E-state index contributed by atoms with van der Waals surface area (Å²) in [4.78, 5) is 12.5. The van der Waals surface area contributed by atoms with E-state index in [-0.39, 0.29) is 11.7 Å². The average Bonchev–Trinajstić information content (AvgIpc) is 3.00. The Morgan fingerprint density at radius 1 is 1.35 bits per heavy atom. The average molecular weight is 283 g/mol. The van der Waals surface area contributed by atoms with Gasteiger partial charge >= 0.3 is 0 Å². The molecule has 1 heterocycles. The molecule has 20 heavy (non-hydrogen) atoms. The van der Waals surface area contributed by atoms with Gasteiger partial charge in [-0.2, -0.15) is 0 Å². The lowest BCUT2D eigenvalue weighted by molar-refractivity contribution is -0.131. The second kappa shape index (κ2) is 6.92. The van der Waals surface area contributed by atoms with Crippen LogP contribution in [0.3, 0.4) is 0 Å². The Balaban J connectivity index is 1.89. The van der Waals surface area contributed by atoms with E-state index < -0.39 is 5.41 Å². The molecule has 0 aromatic heterocycles. The van der Waals surface area contributed by atoms with Gasteiger partial charge in [0.1, 0.15) is 5.41 Å². The van der Waals surface area contributed by atoms with Gasteiger partial charge in [-0.15, -0.1) is 0 Å². The number of carbonyl (C=O) groups excluding carboxylic acids is 1. The van der Waals surface area contributed by atoms with Crippen LogP contribution < -0.4 is 11.1 Å². The van der Waals surface area contributed by atoms with E-state index in [1.165, 1.54) is 25.7 Å². The third-order valence-electron chi connectivity index (χ3n) is 4.69. The topological polar surface area (TPSA) is 96.9 Å². The summed E-state index contributed by atoms with van der Waals surface area (Å²) in [6.07, 6.45) is 7.13. The minimum atomic E-state index is -0.900. The Labute approximate surface area is 119 Å². The highest BCUT2D eigenvalue weighted by Crippen LogP contribution is 2.31. The number of carbonyl (C=O) groups is 1. The van der Waals surface area contributed by atoms with Crippen LogP contribution >= 0.6 is 0 Å². The maximum atomic E-state index is 12.5. The van der Waals surface area contributed by atoms with Gasteiger partial charge in [-0.3, -0.25) is 4.79 Å². The molecule has 1 amide bonds. The molecule has 2 fully saturated rings. The summed E-state index contributed by atoms with van der Waals surface area (Å²) in [5, 5.41) is 15.0. The lowest BCUT2D eigenvalue weighted by Gasteiger charge is -2.34. The number of nitrogens with one attached hydrogen (secondary N) is 1. The van der Waals surface area contributed by atoms with Crippen molar-refractivity contribution in [2.24, 2.45) is 22.2 Å². The predicted octanol–water partition coefficient (Wildman–Crippen LogP) is 1.23. The van der Waals surface area contributed by atoms with Crippen molar-refractivity contribution < 1.29 is 14.7 Å². The molecule has 0 aromatic rings. The van der Waals surface area contributed by atoms with Crippen LogP contribution in [-0.4, -0.2) is 36.7 Å². The Hall–Kier alpha value is -1.30. The fraction of sp³-hybridized carbons (Fsp3) is 0.857. The molecule has 6 nitrogen and oxygen atoms in total. The lowest BCUT2D eigenvalue weighted by atomic mass is 9.78. The number of amidine groups is 1. The molecule has 0 spiro atoms. The second-order valence-electron chi connectivity index (χ2n) is 5.87. The van der Waals surface area contributed by atoms with E-state index in [9.17, 15) is 4.79 Å². The minimum Gasteiger partial charge on any atom is -0.409 e. The smallest absolute Gasteiger partial charge is 0.234 e. The number of hydrogen-bond donors (Lipinski definition) is 3. The molecule has 0 unspecified atom stereocenters. The van der Waals surface area contributed by atoms with Gasteiger partial charge in [0, 0.05) is 19.8 Å². The molecule has 1 saturated carbocycles. The monoisotopic (exact) mass is 283 g/mol. The molecule has 0 radical (unpaired) electrons. The van der Waals surface area contributed by atoms with Crippen molar-refractivity contribution in [3.8, 4) is 0 Å². The van der Waals surface area contributed by atoms with Crippen LogP contribution in [0, 0.1) is 11.3 Å². The Morgan fingerprint density at radius 3 is 2.60 bits per heavy atom. The van der Waals surface area contributed by atoms with Crippen LogP contribution in [0.4, 0.5) is 0 Å². The van der Waals surface area contributed by atoms with Crippen molar-refractivity contribution in [2.45, 2.75) is 44.9 Å². The van der Waals surface area contributed by atoms with Gasteiger partial charge in [0.05, 0.1) is 0 Å². The molecule has 2 rings (SSSR count). The molecule has 6 heteroatoms. The van der Waals surface area contributed by atoms with Gasteiger partial charge < -0.3 is 21.0 Å². The van der Waals surface area contributed by atoms with Gasteiger partial charge in [0.2, 0.25) is 5.91 Å². The van der Waals surface area contributed by atoms with E-state index in [4.69, 9.17) is 15.7 Å². The summed E-state index contributed by atoms with van der Waals surface area (Å²) in [6, 6.07) is 0. The first-order chi connectivity index (χ1) is 9.69. The van der Waals surface area contributed by atoms with Crippen LogP contribution in [0.2, 0.25) is 0 Å². The largest absolute Gasteiger partial charge is 0.409 e. The Bertz CT molecular complexity index is 359. The molecular formula is C14H25N3O3. The molecule has 2 aliphatic rings. The number of nitrogens with two attached hydrogens (primary N) is 1. The van der Waals surface area contributed by atoms with Crippen LogP contribution in [0.25, 0.3) is 0 Å². The van der Waals surface area contributed by atoms with E-state index >= 15 is 0 Å². The molecule has 1 saturated heterocycles. The summed E-state index contributed by atoms with van der Waals surface area (Å²) >= 11 is 0. The zero-order valence-electron chi connectivity index (χ0n) is 11.9. The maximum Gasteiger partial charge on any atom is 0.234 e. The molecular weight excluding hydrogens is 258 g/mol. The highest BCUT2D eigenvalue weighted by atomic mass is 16.5. The molecule has 0 aromatic carbocycles. The van der Waals surface area contributed by atoms with E-state index in [1.807, 2.05) is 0 Å². The van der Waals surface area contributed by atoms with Crippen LogP contribution in [0.1, 0.15) is 44.9 Å². The highest BCUT2D eigenvalue weighted by Gasteiger charge is 2.44. The summed E-state index contributed by atoms with van der Waals surface area (Å²) in [7, 11) is 0. The fourth-order valence-electron chi connectivity index (χ4n) is 3.27. The van der Waals surface area contributed by atoms with Gasteiger partial charge in [0.15, 0.2) is 5.84 Å². The van der Waals surface area contributed by atoms with Crippen molar-refractivity contribution in [1.29, 1.82) is 0 Å². The molecule has 4 N–H and O–H groups in total. The first kappa shape index (κ1) is 15.1. The summed E-state index contributed by atoms with van der Waals surface area (Å²) < 4.78 is 5.28. The van der Waals surface area contributed by atoms with E-state index in [2.05, 4.69) is 10.5 Å². The van der Waals surface area contributed by atoms with Crippen molar-refractivity contribution in [2.75, 3.05) is 19.8 Å². The molecule has 0 bridgehead atoms. The number of oxime groups is 1. The van der Waals surface area contributed by atoms with Gasteiger partial charge in [-0.25, -0.2) is 0 Å². The van der Waals surface area contributed by atoms with Gasteiger partial charge in [-0.05, 0) is 25.2 Å². The Kier molecular flexibility index (Phi) is 5.23. The number of rotatable bonds is 5. The normalized spacial score (nSPS) is 23.7. The zero-order valence-corrected chi connectivity index (χ0v) is 11.9. The van der Waals surface area contributed by atoms with Crippen LogP contribution in [-0.2, 0) is 9.53 Å². The molecule has 114 valence electrons. The van der Waals surface area contributed by atoms with Crippen molar-refractivity contribution in [3.63, 3.8) is 0 Å². The summed E-state index contributed by atoms with van der Waals surface area (Å²) in [6.45, 7) is 1.60. The molecule has 1 aliphatic carbocycles.